The zero-order valence-electron chi connectivity index (χ0n) is 12.2. The summed E-state index contributed by atoms with van der Waals surface area (Å²) in [5.41, 5.74) is 0. The van der Waals surface area contributed by atoms with E-state index in [1.165, 1.54) is 11.3 Å². The molecule has 1 aliphatic rings. The summed E-state index contributed by atoms with van der Waals surface area (Å²) in [6.45, 7) is 8.95. The van der Waals surface area contributed by atoms with Crippen LogP contribution in [0, 0.1) is 11.8 Å². The molecular weight excluding hydrogens is 290 g/mol. The molecule has 0 bridgehead atoms. The van der Waals surface area contributed by atoms with Crippen LogP contribution in [0.1, 0.15) is 32.1 Å². The van der Waals surface area contributed by atoms with Gasteiger partial charge < -0.3 is 4.90 Å². The second kappa shape index (κ2) is 5.49. The first-order valence-corrected chi connectivity index (χ1v) is 8.48. The Bertz CT molecular complexity index is 625. The molecule has 0 amide bonds. The quantitative estimate of drug-likeness (QED) is 0.770. The molecule has 0 radical (unpaired) electrons. The van der Waals surface area contributed by atoms with Crippen LogP contribution in [0.25, 0.3) is 10.2 Å². The lowest BCUT2D eigenvalue weighted by molar-refractivity contribution is 0.323. The molecule has 2 aromatic heterocycles. The molecule has 108 valence electrons. The van der Waals surface area contributed by atoms with E-state index in [1.54, 1.807) is 11.3 Å². The number of piperidine rings is 1. The third kappa shape index (κ3) is 2.51. The van der Waals surface area contributed by atoms with Crippen molar-refractivity contribution in [2.45, 2.75) is 33.6 Å². The Labute approximate surface area is 129 Å². The molecule has 3 heterocycles. The summed E-state index contributed by atoms with van der Waals surface area (Å²) >= 11 is 7.85. The number of fused-ring (bicyclic) bond motifs is 1. The predicted molar refractivity (Wildman–Crippen MR) is 87.0 cm³/mol. The van der Waals surface area contributed by atoms with Crippen LogP contribution < -0.4 is 4.90 Å². The number of hydrogen-bond acceptors (Lipinski definition) is 4. The monoisotopic (exact) mass is 309 g/mol. The SMILES string of the molecule is CCc1cc2c(N3CCC(C)C(C)C3)nc(Cl)nc2s1. The fraction of sp³-hybridized carbons (Fsp3) is 0.600. The Morgan fingerprint density at radius 1 is 1.35 bits per heavy atom. The molecule has 0 aliphatic carbocycles. The van der Waals surface area contributed by atoms with Gasteiger partial charge in [0.15, 0.2) is 0 Å². The summed E-state index contributed by atoms with van der Waals surface area (Å²) in [6.07, 6.45) is 2.25. The van der Waals surface area contributed by atoms with E-state index >= 15 is 0 Å². The molecule has 0 aromatic carbocycles. The normalized spacial score (nSPS) is 23.5. The minimum Gasteiger partial charge on any atom is -0.356 e. The maximum Gasteiger partial charge on any atom is 0.225 e. The standard InChI is InChI=1S/C15H20ClN3S/c1-4-11-7-12-13(17-15(16)18-14(12)20-11)19-6-5-9(2)10(3)8-19/h7,9-10H,4-6,8H2,1-3H3. The summed E-state index contributed by atoms with van der Waals surface area (Å²) in [5, 5.41) is 1.53. The van der Waals surface area contributed by atoms with Crippen LogP contribution in [0.3, 0.4) is 0 Å². The third-order valence-corrected chi connectivity index (χ3v) is 5.72. The average molecular weight is 310 g/mol. The van der Waals surface area contributed by atoms with Crippen molar-refractivity contribution in [1.82, 2.24) is 9.97 Å². The molecule has 1 saturated heterocycles. The van der Waals surface area contributed by atoms with E-state index in [0.29, 0.717) is 11.2 Å². The molecular formula is C15H20ClN3S. The van der Waals surface area contributed by atoms with Gasteiger partial charge in [-0.3, -0.25) is 0 Å². The summed E-state index contributed by atoms with van der Waals surface area (Å²) in [5.74, 6) is 2.50. The van der Waals surface area contributed by atoms with Gasteiger partial charge in [0.05, 0.1) is 5.39 Å². The number of anilines is 1. The lowest BCUT2D eigenvalue weighted by Gasteiger charge is -2.36. The summed E-state index contributed by atoms with van der Waals surface area (Å²) < 4.78 is 0. The molecule has 1 fully saturated rings. The van der Waals surface area contributed by atoms with Crippen molar-refractivity contribution in [2.24, 2.45) is 11.8 Å². The Morgan fingerprint density at radius 3 is 2.85 bits per heavy atom. The Kier molecular flexibility index (Phi) is 3.87. The maximum atomic E-state index is 6.12. The Morgan fingerprint density at radius 2 is 2.15 bits per heavy atom. The van der Waals surface area contributed by atoms with E-state index in [4.69, 9.17) is 11.6 Å². The van der Waals surface area contributed by atoms with Crippen LogP contribution in [-0.4, -0.2) is 23.1 Å². The van der Waals surface area contributed by atoms with Gasteiger partial charge in [0.1, 0.15) is 10.6 Å². The van der Waals surface area contributed by atoms with Crippen molar-refractivity contribution in [3.63, 3.8) is 0 Å². The molecule has 2 aromatic rings. The van der Waals surface area contributed by atoms with Crippen molar-refractivity contribution in [1.29, 1.82) is 0 Å². The first-order chi connectivity index (χ1) is 9.58. The molecule has 0 saturated carbocycles. The van der Waals surface area contributed by atoms with E-state index in [1.807, 2.05) is 0 Å². The number of nitrogens with zero attached hydrogens (tertiary/aromatic N) is 3. The number of rotatable bonds is 2. The van der Waals surface area contributed by atoms with Crippen molar-refractivity contribution in [3.05, 3.63) is 16.2 Å². The lowest BCUT2D eigenvalue weighted by Crippen LogP contribution is -2.39. The Hall–Kier alpha value is -0.870. The van der Waals surface area contributed by atoms with E-state index in [-0.39, 0.29) is 0 Å². The largest absolute Gasteiger partial charge is 0.356 e. The highest BCUT2D eigenvalue weighted by Gasteiger charge is 2.25. The second-order valence-electron chi connectivity index (χ2n) is 5.79. The number of aromatic nitrogens is 2. The predicted octanol–water partition coefficient (Wildman–Crippen LogP) is 4.39. The van der Waals surface area contributed by atoms with E-state index in [9.17, 15) is 0 Å². The highest BCUT2D eigenvalue weighted by molar-refractivity contribution is 7.18. The average Bonchev–Trinajstić information content (AvgIpc) is 2.83. The van der Waals surface area contributed by atoms with Crippen molar-refractivity contribution in [2.75, 3.05) is 18.0 Å². The van der Waals surface area contributed by atoms with Gasteiger partial charge in [-0.25, -0.2) is 4.98 Å². The highest BCUT2D eigenvalue weighted by Crippen LogP contribution is 2.35. The number of hydrogen-bond donors (Lipinski definition) is 0. The first-order valence-electron chi connectivity index (χ1n) is 7.29. The van der Waals surface area contributed by atoms with Crippen molar-refractivity contribution < 1.29 is 0 Å². The van der Waals surface area contributed by atoms with Gasteiger partial charge in [-0.1, -0.05) is 20.8 Å². The van der Waals surface area contributed by atoms with Crippen LogP contribution in [-0.2, 0) is 6.42 Å². The van der Waals surface area contributed by atoms with E-state index in [0.717, 1.165) is 41.5 Å². The molecule has 5 heteroatoms. The van der Waals surface area contributed by atoms with Crippen LogP contribution in [0.4, 0.5) is 5.82 Å². The fourth-order valence-electron chi connectivity index (χ4n) is 2.80. The van der Waals surface area contributed by atoms with Gasteiger partial charge in [0.25, 0.3) is 0 Å². The molecule has 0 spiro atoms. The van der Waals surface area contributed by atoms with E-state index < -0.39 is 0 Å². The van der Waals surface area contributed by atoms with Crippen LogP contribution in [0.15, 0.2) is 6.07 Å². The summed E-state index contributed by atoms with van der Waals surface area (Å²) in [6, 6.07) is 2.23. The molecule has 1 aliphatic heterocycles. The second-order valence-corrected chi connectivity index (χ2v) is 7.24. The molecule has 3 rings (SSSR count). The topological polar surface area (TPSA) is 29.0 Å². The van der Waals surface area contributed by atoms with Gasteiger partial charge in [-0.05, 0) is 42.3 Å². The minimum atomic E-state index is 0.364. The van der Waals surface area contributed by atoms with E-state index in [2.05, 4.69) is 41.7 Å². The zero-order valence-corrected chi connectivity index (χ0v) is 13.8. The molecule has 2 unspecified atom stereocenters. The Balaban J connectivity index is 2.03. The highest BCUT2D eigenvalue weighted by atomic mass is 35.5. The molecule has 3 nitrogen and oxygen atoms in total. The first kappa shape index (κ1) is 14.1. The van der Waals surface area contributed by atoms with Crippen molar-refractivity contribution in [3.8, 4) is 0 Å². The summed E-state index contributed by atoms with van der Waals surface area (Å²) in [7, 11) is 0. The van der Waals surface area contributed by atoms with Gasteiger partial charge in [-0.15, -0.1) is 11.3 Å². The zero-order chi connectivity index (χ0) is 14.3. The smallest absolute Gasteiger partial charge is 0.225 e. The van der Waals surface area contributed by atoms with Gasteiger partial charge in [-0.2, -0.15) is 4.98 Å². The molecule has 0 N–H and O–H groups in total. The number of halogens is 1. The van der Waals surface area contributed by atoms with Gasteiger partial charge in [0.2, 0.25) is 5.28 Å². The van der Waals surface area contributed by atoms with Crippen LogP contribution in [0.2, 0.25) is 5.28 Å². The third-order valence-electron chi connectivity index (χ3n) is 4.38. The summed E-state index contributed by atoms with van der Waals surface area (Å²) in [4.78, 5) is 13.6. The van der Waals surface area contributed by atoms with Crippen LogP contribution in [0.5, 0.6) is 0 Å². The number of aryl methyl sites for hydroxylation is 1. The van der Waals surface area contributed by atoms with Crippen molar-refractivity contribution >= 4 is 39.0 Å². The van der Waals surface area contributed by atoms with Gasteiger partial charge >= 0.3 is 0 Å². The maximum absolute atomic E-state index is 6.12. The number of thiophene rings is 1. The van der Waals surface area contributed by atoms with Crippen LogP contribution >= 0.6 is 22.9 Å². The lowest BCUT2D eigenvalue weighted by atomic mass is 9.88. The fourth-order valence-corrected chi connectivity index (χ4v) is 3.98. The minimum absolute atomic E-state index is 0.364. The van der Waals surface area contributed by atoms with Gasteiger partial charge in [0, 0.05) is 18.0 Å². The molecule has 20 heavy (non-hydrogen) atoms. The molecule has 2 atom stereocenters.